The third-order valence-electron chi connectivity index (χ3n) is 4.41. The molecule has 3 rings (SSSR count). The minimum atomic E-state index is -0.271. The fraction of sp³-hybridized carbons (Fsp3) is 0.238. The van der Waals surface area contributed by atoms with E-state index in [1.807, 2.05) is 39.0 Å². The van der Waals surface area contributed by atoms with Gasteiger partial charge in [0, 0.05) is 17.0 Å². The molecule has 0 saturated heterocycles. The van der Waals surface area contributed by atoms with Crippen molar-refractivity contribution in [1.29, 1.82) is 0 Å². The average molecular weight is 350 g/mol. The molecule has 1 heterocycles. The van der Waals surface area contributed by atoms with Crippen LogP contribution in [0.25, 0.3) is 16.5 Å². The average Bonchev–Trinajstić information content (AvgIpc) is 2.60. The van der Waals surface area contributed by atoms with Crippen molar-refractivity contribution in [2.24, 2.45) is 4.99 Å². The van der Waals surface area contributed by atoms with Crippen molar-refractivity contribution in [2.75, 3.05) is 13.2 Å². The lowest BCUT2D eigenvalue weighted by molar-refractivity contribution is 0.307. The third-order valence-corrected chi connectivity index (χ3v) is 4.41. The van der Waals surface area contributed by atoms with Crippen LogP contribution in [0, 0.1) is 20.8 Å². The van der Waals surface area contributed by atoms with Crippen molar-refractivity contribution in [3.63, 3.8) is 0 Å². The van der Waals surface area contributed by atoms with Gasteiger partial charge in [0.15, 0.2) is 0 Å². The predicted molar refractivity (Wildman–Crippen MR) is 105 cm³/mol. The van der Waals surface area contributed by atoms with E-state index in [1.165, 1.54) is 10.8 Å². The van der Waals surface area contributed by atoms with E-state index in [2.05, 4.69) is 4.99 Å². The van der Waals surface area contributed by atoms with Crippen LogP contribution in [0.3, 0.4) is 0 Å². The van der Waals surface area contributed by atoms with Gasteiger partial charge >= 0.3 is 0 Å². The molecule has 0 spiro atoms. The van der Waals surface area contributed by atoms with Crippen molar-refractivity contribution in [3.8, 4) is 11.6 Å². The second kappa shape index (κ2) is 7.14. The Morgan fingerprint density at radius 3 is 2.31 bits per heavy atom. The van der Waals surface area contributed by atoms with E-state index in [-0.39, 0.29) is 24.6 Å². The maximum atomic E-state index is 13.1. The van der Waals surface area contributed by atoms with Gasteiger partial charge in [-0.15, -0.1) is 0 Å². The van der Waals surface area contributed by atoms with E-state index >= 15 is 0 Å². The quantitative estimate of drug-likeness (QED) is 0.710. The molecule has 134 valence electrons. The Labute approximate surface area is 151 Å². The highest BCUT2D eigenvalue weighted by atomic mass is 16.3. The monoisotopic (exact) mass is 350 g/mol. The molecule has 0 bridgehead atoms. The van der Waals surface area contributed by atoms with E-state index in [9.17, 15) is 9.90 Å². The summed E-state index contributed by atoms with van der Waals surface area (Å²) < 4.78 is 1.35. The van der Waals surface area contributed by atoms with E-state index in [0.717, 1.165) is 16.7 Å². The van der Waals surface area contributed by atoms with Crippen molar-refractivity contribution in [3.05, 3.63) is 69.0 Å². The van der Waals surface area contributed by atoms with Crippen LogP contribution in [0.2, 0.25) is 0 Å². The number of aliphatic hydroxyl groups excluding tert-OH is 1. The van der Waals surface area contributed by atoms with E-state index in [1.54, 1.807) is 18.2 Å². The summed E-state index contributed by atoms with van der Waals surface area (Å²) in [5, 5.41) is 21.1. The topological polar surface area (TPSA) is 74.8 Å². The van der Waals surface area contributed by atoms with Crippen LogP contribution in [-0.4, -0.2) is 34.1 Å². The molecule has 0 radical (unpaired) electrons. The second-order valence-electron chi connectivity index (χ2n) is 6.43. The highest BCUT2D eigenvalue weighted by Crippen LogP contribution is 2.29. The lowest BCUT2D eigenvalue weighted by Gasteiger charge is -2.18. The van der Waals surface area contributed by atoms with Gasteiger partial charge in [-0.2, -0.15) is 0 Å². The van der Waals surface area contributed by atoms with Gasteiger partial charge in [-0.3, -0.25) is 9.79 Å². The zero-order valence-corrected chi connectivity index (χ0v) is 15.2. The Morgan fingerprint density at radius 2 is 1.69 bits per heavy atom. The summed E-state index contributed by atoms with van der Waals surface area (Å²) >= 11 is 0. The highest BCUT2D eigenvalue weighted by Gasteiger charge is 2.18. The lowest BCUT2D eigenvalue weighted by atomic mass is 10.0. The molecule has 0 aliphatic rings. The molecule has 0 saturated carbocycles. The van der Waals surface area contributed by atoms with Gasteiger partial charge in [-0.1, -0.05) is 35.9 Å². The normalized spacial score (nSPS) is 11.5. The Balaban J connectivity index is 2.43. The number of aryl methyl sites for hydroxylation is 3. The third kappa shape index (κ3) is 3.02. The summed E-state index contributed by atoms with van der Waals surface area (Å²) in [5.74, 6) is -0.148. The Morgan fingerprint density at radius 1 is 1.08 bits per heavy atom. The van der Waals surface area contributed by atoms with Crippen LogP contribution in [0.4, 0.5) is 0 Å². The van der Waals surface area contributed by atoms with Gasteiger partial charge < -0.3 is 10.2 Å². The fourth-order valence-corrected chi connectivity index (χ4v) is 3.44. The number of fused-ring (bicyclic) bond motifs is 1. The van der Waals surface area contributed by atoms with Crippen LogP contribution >= 0.6 is 0 Å². The number of rotatable bonds is 4. The van der Waals surface area contributed by atoms with Crippen LogP contribution in [0.1, 0.15) is 22.3 Å². The molecule has 0 unspecified atom stereocenters. The first-order valence-electron chi connectivity index (χ1n) is 8.51. The molecule has 2 N–H and O–H groups in total. The SMILES string of the molecule is Cc1cc(C)c(-n2c(O)c(C=NCCO)c3ccccc3c2=O)c(C)c1. The van der Waals surface area contributed by atoms with E-state index in [0.29, 0.717) is 22.0 Å². The van der Waals surface area contributed by atoms with Gasteiger partial charge in [0.2, 0.25) is 5.88 Å². The molecule has 0 aliphatic carbocycles. The molecule has 0 atom stereocenters. The van der Waals surface area contributed by atoms with Crippen LogP contribution in [0.5, 0.6) is 5.88 Å². The zero-order chi connectivity index (χ0) is 18.8. The van der Waals surface area contributed by atoms with Gasteiger partial charge in [0.1, 0.15) is 0 Å². The maximum absolute atomic E-state index is 13.1. The molecule has 5 nitrogen and oxygen atoms in total. The smallest absolute Gasteiger partial charge is 0.265 e. The Hall–Kier alpha value is -2.92. The number of aromatic nitrogens is 1. The first kappa shape index (κ1) is 17.9. The van der Waals surface area contributed by atoms with Crippen molar-refractivity contribution < 1.29 is 10.2 Å². The van der Waals surface area contributed by atoms with Crippen LogP contribution in [-0.2, 0) is 0 Å². The van der Waals surface area contributed by atoms with Gasteiger partial charge in [0.25, 0.3) is 5.56 Å². The molecule has 5 heteroatoms. The Kier molecular flexibility index (Phi) is 4.91. The number of pyridine rings is 1. The summed E-state index contributed by atoms with van der Waals surface area (Å²) in [6.07, 6.45) is 1.52. The number of hydrogen-bond donors (Lipinski definition) is 2. The molecule has 26 heavy (non-hydrogen) atoms. The molecule has 0 aliphatic heterocycles. The summed E-state index contributed by atoms with van der Waals surface area (Å²) in [5.41, 5.74) is 3.80. The summed E-state index contributed by atoms with van der Waals surface area (Å²) in [6.45, 7) is 6.01. The predicted octanol–water partition coefficient (Wildman–Crippen LogP) is 3.03. The first-order chi connectivity index (χ1) is 12.5. The van der Waals surface area contributed by atoms with E-state index in [4.69, 9.17) is 5.11 Å². The van der Waals surface area contributed by atoms with Crippen molar-refractivity contribution in [2.45, 2.75) is 20.8 Å². The number of benzene rings is 2. The van der Waals surface area contributed by atoms with Crippen LogP contribution < -0.4 is 5.56 Å². The van der Waals surface area contributed by atoms with Crippen molar-refractivity contribution in [1.82, 2.24) is 4.57 Å². The number of aliphatic imine (C=N–C) groups is 1. The molecule has 3 aromatic rings. The number of nitrogens with zero attached hydrogens (tertiary/aromatic N) is 2. The number of aliphatic hydroxyl groups is 1. The molecular weight excluding hydrogens is 328 g/mol. The molecular formula is C21H22N2O3. The summed E-state index contributed by atoms with van der Waals surface area (Å²) in [6, 6.07) is 11.1. The first-order valence-corrected chi connectivity index (χ1v) is 8.51. The van der Waals surface area contributed by atoms with Gasteiger partial charge in [-0.25, -0.2) is 4.57 Å². The maximum Gasteiger partial charge on any atom is 0.265 e. The molecule has 1 aromatic heterocycles. The van der Waals surface area contributed by atoms with Gasteiger partial charge in [0.05, 0.1) is 24.4 Å². The largest absolute Gasteiger partial charge is 0.494 e. The summed E-state index contributed by atoms with van der Waals surface area (Å²) in [4.78, 5) is 17.3. The minimum absolute atomic E-state index is 0.0784. The number of hydrogen-bond acceptors (Lipinski definition) is 4. The van der Waals surface area contributed by atoms with E-state index < -0.39 is 0 Å². The van der Waals surface area contributed by atoms with Crippen LogP contribution in [0.15, 0.2) is 46.2 Å². The fourth-order valence-electron chi connectivity index (χ4n) is 3.44. The minimum Gasteiger partial charge on any atom is -0.494 e. The molecule has 0 amide bonds. The number of aromatic hydroxyl groups is 1. The lowest BCUT2D eigenvalue weighted by Crippen LogP contribution is -2.22. The van der Waals surface area contributed by atoms with Crippen molar-refractivity contribution >= 4 is 17.0 Å². The zero-order valence-electron chi connectivity index (χ0n) is 15.2. The second-order valence-corrected chi connectivity index (χ2v) is 6.43. The Bertz CT molecular complexity index is 1040. The molecule has 2 aromatic carbocycles. The summed E-state index contributed by atoms with van der Waals surface area (Å²) in [7, 11) is 0. The standard InChI is InChI=1S/C21H22N2O3/c1-13-10-14(2)19(15(3)11-13)23-20(25)17-7-5-4-6-16(17)18(21(23)26)12-22-8-9-24/h4-7,10-12,24,26H,8-9H2,1-3H3. The van der Waals surface area contributed by atoms with Gasteiger partial charge in [-0.05, 0) is 38.0 Å². The highest BCUT2D eigenvalue weighted by molar-refractivity contribution is 6.01. The molecule has 0 fully saturated rings.